The van der Waals surface area contributed by atoms with Crippen LogP contribution in [0.5, 0.6) is 0 Å². The van der Waals surface area contributed by atoms with Crippen LogP contribution in [0.4, 0.5) is 0 Å². The molecule has 2 unspecified atom stereocenters. The molecule has 5 heteroatoms. The zero-order valence-corrected chi connectivity index (χ0v) is 15.4. The van der Waals surface area contributed by atoms with Gasteiger partial charge in [-0.05, 0) is 38.4 Å². The summed E-state index contributed by atoms with van der Waals surface area (Å²) in [5, 5.41) is 9.36. The summed E-state index contributed by atoms with van der Waals surface area (Å²) in [6.07, 6.45) is 1.51. The van der Waals surface area contributed by atoms with Crippen molar-refractivity contribution in [1.29, 1.82) is 0 Å². The zero-order valence-electron chi connectivity index (χ0n) is 15.4. The molecule has 1 aromatic rings. The highest BCUT2D eigenvalue weighted by Crippen LogP contribution is 2.35. The quantitative estimate of drug-likeness (QED) is 0.905. The number of nitrogens with zero attached hydrogens (tertiary/aromatic N) is 2. The Morgan fingerprint density at radius 3 is 2.60 bits per heavy atom. The van der Waals surface area contributed by atoms with E-state index in [2.05, 4.69) is 36.1 Å². The fourth-order valence-electron chi connectivity index (χ4n) is 3.82. The number of hydrogen-bond donors (Lipinski definition) is 1. The molecule has 0 saturated carbocycles. The van der Waals surface area contributed by atoms with E-state index in [0.717, 1.165) is 32.5 Å². The highest BCUT2D eigenvalue weighted by molar-refractivity contribution is 5.83. The van der Waals surface area contributed by atoms with E-state index in [4.69, 9.17) is 4.74 Å². The third-order valence-electron chi connectivity index (χ3n) is 5.69. The number of amides is 1. The van der Waals surface area contributed by atoms with E-state index in [9.17, 15) is 9.90 Å². The molecule has 138 valence electrons. The van der Waals surface area contributed by atoms with Crippen molar-refractivity contribution in [2.24, 2.45) is 5.41 Å². The average molecular weight is 346 g/mol. The fourth-order valence-corrected chi connectivity index (χ4v) is 3.82. The van der Waals surface area contributed by atoms with Crippen molar-refractivity contribution in [3.8, 4) is 0 Å². The van der Waals surface area contributed by atoms with Gasteiger partial charge in [0.25, 0.3) is 0 Å². The number of rotatable bonds is 4. The Bertz CT molecular complexity index is 570. The second kappa shape index (κ2) is 7.85. The molecule has 0 spiro atoms. The van der Waals surface area contributed by atoms with Crippen molar-refractivity contribution in [2.45, 2.75) is 45.4 Å². The number of morpholine rings is 1. The monoisotopic (exact) mass is 346 g/mol. The summed E-state index contributed by atoms with van der Waals surface area (Å²) < 4.78 is 5.57. The van der Waals surface area contributed by atoms with Crippen molar-refractivity contribution in [1.82, 2.24) is 9.80 Å². The lowest BCUT2D eigenvalue weighted by molar-refractivity contribution is -0.158. The Kier molecular flexibility index (Phi) is 5.77. The van der Waals surface area contributed by atoms with E-state index in [1.54, 1.807) is 0 Å². The normalized spacial score (nSPS) is 27.2. The van der Waals surface area contributed by atoms with Gasteiger partial charge in [0, 0.05) is 18.5 Å². The van der Waals surface area contributed by atoms with Crippen LogP contribution in [0, 0.1) is 5.41 Å². The van der Waals surface area contributed by atoms with Gasteiger partial charge >= 0.3 is 0 Å². The van der Waals surface area contributed by atoms with Crippen LogP contribution >= 0.6 is 0 Å². The van der Waals surface area contributed by atoms with E-state index in [1.165, 1.54) is 5.56 Å². The Morgan fingerprint density at radius 2 is 1.96 bits per heavy atom. The predicted molar refractivity (Wildman–Crippen MR) is 97.1 cm³/mol. The number of carbonyl (C=O) groups excluding carboxylic acids is 1. The standard InChI is InChI=1S/C20H30N2O3/c1-16-15-25-18(14-23)13-22(16)19(24)20(2)8-10-21(11-9-20)12-17-6-4-3-5-7-17/h3-7,16,18,23H,8-15H2,1-2H3. The lowest BCUT2D eigenvalue weighted by atomic mass is 9.78. The lowest BCUT2D eigenvalue weighted by Gasteiger charge is -2.45. The largest absolute Gasteiger partial charge is 0.394 e. The third kappa shape index (κ3) is 4.22. The molecule has 2 saturated heterocycles. The Labute approximate surface area is 150 Å². The van der Waals surface area contributed by atoms with Gasteiger partial charge in [-0.15, -0.1) is 0 Å². The minimum absolute atomic E-state index is 0.0297. The summed E-state index contributed by atoms with van der Waals surface area (Å²) in [7, 11) is 0. The first-order chi connectivity index (χ1) is 12.0. The minimum Gasteiger partial charge on any atom is -0.394 e. The van der Waals surface area contributed by atoms with Crippen LogP contribution in [0.15, 0.2) is 30.3 Å². The first-order valence-corrected chi connectivity index (χ1v) is 9.31. The van der Waals surface area contributed by atoms with Crippen molar-refractivity contribution >= 4 is 5.91 Å². The molecule has 2 aliphatic rings. The van der Waals surface area contributed by atoms with Gasteiger partial charge in [0.05, 0.1) is 25.4 Å². The van der Waals surface area contributed by atoms with Crippen molar-refractivity contribution in [3.63, 3.8) is 0 Å². The first-order valence-electron chi connectivity index (χ1n) is 9.31. The van der Waals surface area contributed by atoms with E-state index in [-0.39, 0.29) is 30.1 Å². The average Bonchev–Trinajstić information content (AvgIpc) is 2.64. The molecule has 1 N–H and O–H groups in total. The Balaban J connectivity index is 1.58. The molecule has 0 radical (unpaired) electrons. The van der Waals surface area contributed by atoms with Crippen molar-refractivity contribution in [3.05, 3.63) is 35.9 Å². The molecule has 1 amide bonds. The van der Waals surface area contributed by atoms with Crippen molar-refractivity contribution < 1.29 is 14.6 Å². The molecule has 2 atom stereocenters. The van der Waals surface area contributed by atoms with Crippen LogP contribution in [-0.2, 0) is 16.1 Å². The fraction of sp³-hybridized carbons (Fsp3) is 0.650. The van der Waals surface area contributed by atoms with Gasteiger partial charge in [-0.1, -0.05) is 37.3 Å². The molecule has 2 fully saturated rings. The maximum Gasteiger partial charge on any atom is 0.229 e. The number of carbonyl (C=O) groups is 1. The molecule has 3 rings (SSSR count). The highest BCUT2D eigenvalue weighted by Gasteiger charge is 2.42. The molecule has 0 aromatic heterocycles. The number of aliphatic hydroxyl groups is 1. The topological polar surface area (TPSA) is 53.0 Å². The molecule has 5 nitrogen and oxygen atoms in total. The summed E-state index contributed by atoms with van der Waals surface area (Å²) in [5.41, 5.74) is 1.02. The number of ether oxygens (including phenoxy) is 1. The number of likely N-dealkylation sites (tertiary alicyclic amines) is 1. The smallest absolute Gasteiger partial charge is 0.229 e. The van der Waals surface area contributed by atoms with Gasteiger partial charge < -0.3 is 14.7 Å². The number of piperidine rings is 1. The Hall–Kier alpha value is -1.43. The van der Waals surface area contributed by atoms with Crippen LogP contribution < -0.4 is 0 Å². The summed E-state index contributed by atoms with van der Waals surface area (Å²) in [6, 6.07) is 10.6. The van der Waals surface area contributed by atoms with Crippen LogP contribution in [0.2, 0.25) is 0 Å². The molecular formula is C20H30N2O3. The van der Waals surface area contributed by atoms with Gasteiger partial charge in [0.2, 0.25) is 5.91 Å². The maximum atomic E-state index is 13.2. The minimum atomic E-state index is -0.307. The lowest BCUT2D eigenvalue weighted by Crippen LogP contribution is -2.57. The Morgan fingerprint density at radius 1 is 1.28 bits per heavy atom. The van der Waals surface area contributed by atoms with Crippen LogP contribution in [0.25, 0.3) is 0 Å². The third-order valence-corrected chi connectivity index (χ3v) is 5.69. The van der Waals surface area contributed by atoms with Crippen LogP contribution in [0.1, 0.15) is 32.3 Å². The molecule has 1 aromatic carbocycles. The molecule has 0 aliphatic carbocycles. The van der Waals surface area contributed by atoms with Gasteiger partial charge in [-0.3, -0.25) is 9.69 Å². The summed E-state index contributed by atoms with van der Waals surface area (Å²) in [6.45, 7) is 7.94. The molecular weight excluding hydrogens is 316 g/mol. The molecule has 25 heavy (non-hydrogen) atoms. The van der Waals surface area contributed by atoms with Crippen molar-refractivity contribution in [2.75, 3.05) is 32.8 Å². The van der Waals surface area contributed by atoms with Gasteiger partial charge in [0.15, 0.2) is 0 Å². The zero-order chi connectivity index (χ0) is 17.9. The van der Waals surface area contributed by atoms with Crippen LogP contribution in [0.3, 0.4) is 0 Å². The summed E-state index contributed by atoms with van der Waals surface area (Å²) >= 11 is 0. The summed E-state index contributed by atoms with van der Waals surface area (Å²) in [5.74, 6) is 0.223. The SMILES string of the molecule is CC1COC(CO)CN1C(=O)C1(C)CCN(Cc2ccccc2)CC1. The maximum absolute atomic E-state index is 13.2. The van der Waals surface area contributed by atoms with E-state index in [1.807, 2.05) is 17.9 Å². The van der Waals surface area contributed by atoms with Gasteiger partial charge in [0.1, 0.15) is 0 Å². The predicted octanol–water partition coefficient (Wildman–Crippen LogP) is 1.90. The van der Waals surface area contributed by atoms with Gasteiger partial charge in [-0.2, -0.15) is 0 Å². The first kappa shape index (κ1) is 18.4. The van der Waals surface area contributed by atoms with E-state index in [0.29, 0.717) is 13.2 Å². The second-order valence-electron chi connectivity index (χ2n) is 7.77. The molecule has 0 bridgehead atoms. The van der Waals surface area contributed by atoms with E-state index < -0.39 is 0 Å². The second-order valence-corrected chi connectivity index (χ2v) is 7.77. The number of benzene rings is 1. The number of hydrogen-bond acceptors (Lipinski definition) is 4. The number of aliphatic hydroxyl groups excluding tert-OH is 1. The van der Waals surface area contributed by atoms with Crippen LogP contribution in [-0.4, -0.2) is 65.8 Å². The highest BCUT2D eigenvalue weighted by atomic mass is 16.5. The summed E-state index contributed by atoms with van der Waals surface area (Å²) in [4.78, 5) is 17.5. The molecule has 2 heterocycles. The molecule has 2 aliphatic heterocycles. The van der Waals surface area contributed by atoms with E-state index >= 15 is 0 Å². The van der Waals surface area contributed by atoms with Gasteiger partial charge in [-0.25, -0.2) is 0 Å².